The van der Waals surface area contributed by atoms with Crippen LogP contribution in [-0.4, -0.2) is 18.8 Å². The molecule has 2 heteroatoms. The summed E-state index contributed by atoms with van der Waals surface area (Å²) in [6.07, 6.45) is 7.19. The van der Waals surface area contributed by atoms with Crippen LogP contribution in [0.4, 0.5) is 0 Å². The lowest BCUT2D eigenvalue weighted by atomic mass is 9.99. The monoisotopic (exact) mass is 247 g/mol. The van der Waals surface area contributed by atoms with E-state index in [2.05, 4.69) is 31.2 Å². The van der Waals surface area contributed by atoms with E-state index in [4.69, 9.17) is 10.5 Å². The van der Waals surface area contributed by atoms with Crippen LogP contribution in [0.3, 0.4) is 0 Å². The Labute approximate surface area is 111 Å². The molecule has 0 aromatic heterocycles. The molecule has 2 atom stereocenters. The van der Waals surface area contributed by atoms with Gasteiger partial charge in [-0.05, 0) is 49.7 Å². The molecule has 1 fully saturated rings. The van der Waals surface area contributed by atoms with Crippen molar-refractivity contribution in [2.45, 2.75) is 57.6 Å². The van der Waals surface area contributed by atoms with E-state index in [1.165, 1.54) is 24.0 Å². The predicted octanol–water partition coefficient (Wildman–Crippen LogP) is 3.08. The summed E-state index contributed by atoms with van der Waals surface area (Å²) < 4.78 is 5.63. The van der Waals surface area contributed by atoms with E-state index in [0.29, 0.717) is 6.10 Å². The molecular formula is C16H25NO. The van der Waals surface area contributed by atoms with Gasteiger partial charge in [0.15, 0.2) is 0 Å². The van der Waals surface area contributed by atoms with Gasteiger partial charge in [-0.3, -0.25) is 0 Å². The van der Waals surface area contributed by atoms with E-state index in [0.717, 1.165) is 32.3 Å². The fraction of sp³-hybridized carbons (Fsp3) is 0.625. The molecule has 2 unspecified atom stereocenters. The minimum atomic E-state index is 0.265. The lowest BCUT2D eigenvalue weighted by Gasteiger charge is -2.15. The third-order valence-corrected chi connectivity index (χ3v) is 3.81. The third kappa shape index (κ3) is 4.11. The van der Waals surface area contributed by atoms with Gasteiger partial charge in [-0.15, -0.1) is 0 Å². The van der Waals surface area contributed by atoms with Crippen molar-refractivity contribution in [2.75, 3.05) is 6.61 Å². The Bertz CT molecular complexity index is 341. The van der Waals surface area contributed by atoms with Crippen LogP contribution in [0.15, 0.2) is 24.3 Å². The Morgan fingerprint density at radius 3 is 2.61 bits per heavy atom. The summed E-state index contributed by atoms with van der Waals surface area (Å²) >= 11 is 0. The van der Waals surface area contributed by atoms with Crippen molar-refractivity contribution in [1.29, 1.82) is 0 Å². The number of rotatable bonds is 6. The van der Waals surface area contributed by atoms with Gasteiger partial charge < -0.3 is 10.5 Å². The third-order valence-electron chi connectivity index (χ3n) is 3.81. The number of nitrogens with two attached hydrogens (primary N) is 1. The molecule has 1 saturated heterocycles. The van der Waals surface area contributed by atoms with Gasteiger partial charge in [-0.25, -0.2) is 0 Å². The molecule has 0 radical (unpaired) electrons. The van der Waals surface area contributed by atoms with Gasteiger partial charge in [0.25, 0.3) is 0 Å². The molecule has 100 valence electrons. The first-order chi connectivity index (χ1) is 8.78. The van der Waals surface area contributed by atoms with E-state index in [-0.39, 0.29) is 6.04 Å². The van der Waals surface area contributed by atoms with Crippen molar-refractivity contribution in [2.24, 2.45) is 5.73 Å². The number of benzene rings is 1. The first-order valence-electron chi connectivity index (χ1n) is 7.23. The highest BCUT2D eigenvalue weighted by Crippen LogP contribution is 2.18. The van der Waals surface area contributed by atoms with Crippen LogP contribution < -0.4 is 5.73 Å². The Morgan fingerprint density at radius 2 is 2.00 bits per heavy atom. The second-order valence-electron chi connectivity index (χ2n) is 5.35. The van der Waals surface area contributed by atoms with Gasteiger partial charge in [-0.2, -0.15) is 0 Å². The molecule has 0 amide bonds. The molecule has 2 rings (SSSR count). The standard InChI is InChI=1S/C16H25NO/c1-2-13-5-7-14(8-6-13)12-15(17)9-10-16-4-3-11-18-16/h5-8,15-16H,2-4,9-12,17H2,1H3. The molecule has 2 nitrogen and oxygen atoms in total. The van der Waals surface area contributed by atoms with Crippen molar-refractivity contribution < 1.29 is 4.74 Å². The minimum absolute atomic E-state index is 0.265. The maximum Gasteiger partial charge on any atom is 0.0576 e. The fourth-order valence-electron chi connectivity index (χ4n) is 2.59. The number of aryl methyl sites for hydroxylation is 1. The summed E-state index contributed by atoms with van der Waals surface area (Å²) in [5.74, 6) is 0. The highest BCUT2D eigenvalue weighted by atomic mass is 16.5. The first kappa shape index (κ1) is 13.6. The molecule has 0 spiro atoms. The van der Waals surface area contributed by atoms with Crippen LogP contribution in [0.5, 0.6) is 0 Å². The molecule has 2 N–H and O–H groups in total. The SMILES string of the molecule is CCc1ccc(CC(N)CCC2CCCO2)cc1. The molecule has 0 saturated carbocycles. The molecule has 1 aromatic rings. The molecule has 18 heavy (non-hydrogen) atoms. The maximum absolute atomic E-state index is 6.20. The maximum atomic E-state index is 6.20. The molecule has 1 heterocycles. The van der Waals surface area contributed by atoms with Crippen LogP contribution in [0.1, 0.15) is 43.7 Å². The Morgan fingerprint density at radius 1 is 1.28 bits per heavy atom. The van der Waals surface area contributed by atoms with Crippen molar-refractivity contribution >= 4 is 0 Å². The van der Waals surface area contributed by atoms with Gasteiger partial charge in [0.05, 0.1) is 6.10 Å². The van der Waals surface area contributed by atoms with Crippen molar-refractivity contribution in [3.63, 3.8) is 0 Å². The summed E-state index contributed by atoms with van der Waals surface area (Å²) in [5, 5.41) is 0. The molecule has 1 aromatic carbocycles. The Kier molecular flexibility index (Phi) is 5.21. The second-order valence-corrected chi connectivity index (χ2v) is 5.35. The number of hydrogen-bond acceptors (Lipinski definition) is 2. The zero-order chi connectivity index (χ0) is 12.8. The van der Waals surface area contributed by atoms with Crippen molar-refractivity contribution in [3.8, 4) is 0 Å². The zero-order valence-corrected chi connectivity index (χ0v) is 11.4. The van der Waals surface area contributed by atoms with Gasteiger partial charge in [0, 0.05) is 12.6 Å². The average molecular weight is 247 g/mol. The van der Waals surface area contributed by atoms with Gasteiger partial charge >= 0.3 is 0 Å². The van der Waals surface area contributed by atoms with E-state index >= 15 is 0 Å². The van der Waals surface area contributed by atoms with E-state index < -0.39 is 0 Å². The molecular weight excluding hydrogens is 222 g/mol. The zero-order valence-electron chi connectivity index (χ0n) is 11.4. The Balaban J connectivity index is 1.73. The van der Waals surface area contributed by atoms with Crippen molar-refractivity contribution in [1.82, 2.24) is 0 Å². The average Bonchev–Trinajstić information content (AvgIpc) is 2.90. The highest BCUT2D eigenvalue weighted by molar-refractivity contribution is 5.23. The smallest absolute Gasteiger partial charge is 0.0576 e. The van der Waals surface area contributed by atoms with Gasteiger partial charge in [-0.1, -0.05) is 31.2 Å². The van der Waals surface area contributed by atoms with E-state index in [1.807, 2.05) is 0 Å². The lowest BCUT2D eigenvalue weighted by molar-refractivity contribution is 0.101. The first-order valence-corrected chi connectivity index (χ1v) is 7.23. The van der Waals surface area contributed by atoms with Crippen LogP contribution in [0, 0.1) is 0 Å². The summed E-state index contributed by atoms with van der Waals surface area (Å²) in [5.41, 5.74) is 8.95. The topological polar surface area (TPSA) is 35.2 Å². The van der Waals surface area contributed by atoms with E-state index in [1.54, 1.807) is 0 Å². The minimum Gasteiger partial charge on any atom is -0.378 e. The molecule has 1 aliphatic rings. The van der Waals surface area contributed by atoms with Crippen molar-refractivity contribution in [3.05, 3.63) is 35.4 Å². The molecule has 1 aliphatic heterocycles. The second kappa shape index (κ2) is 6.91. The fourth-order valence-corrected chi connectivity index (χ4v) is 2.59. The lowest BCUT2D eigenvalue weighted by Crippen LogP contribution is -2.24. The van der Waals surface area contributed by atoms with Crippen LogP contribution in [0.2, 0.25) is 0 Å². The van der Waals surface area contributed by atoms with Crippen LogP contribution in [-0.2, 0) is 17.6 Å². The highest BCUT2D eigenvalue weighted by Gasteiger charge is 2.16. The largest absolute Gasteiger partial charge is 0.378 e. The van der Waals surface area contributed by atoms with Gasteiger partial charge in [0.2, 0.25) is 0 Å². The summed E-state index contributed by atoms with van der Waals surface area (Å²) in [7, 11) is 0. The normalized spacial score (nSPS) is 21.1. The molecule has 0 aliphatic carbocycles. The van der Waals surface area contributed by atoms with Crippen LogP contribution >= 0.6 is 0 Å². The van der Waals surface area contributed by atoms with Gasteiger partial charge in [0.1, 0.15) is 0 Å². The quantitative estimate of drug-likeness (QED) is 0.838. The van der Waals surface area contributed by atoms with Crippen LogP contribution in [0.25, 0.3) is 0 Å². The summed E-state index contributed by atoms with van der Waals surface area (Å²) in [6.45, 7) is 3.13. The predicted molar refractivity (Wildman–Crippen MR) is 75.7 cm³/mol. The summed E-state index contributed by atoms with van der Waals surface area (Å²) in [6, 6.07) is 9.11. The van der Waals surface area contributed by atoms with E-state index in [9.17, 15) is 0 Å². The Hall–Kier alpha value is -0.860. The summed E-state index contributed by atoms with van der Waals surface area (Å²) in [4.78, 5) is 0. The number of hydrogen-bond donors (Lipinski definition) is 1. The molecule has 0 bridgehead atoms. The number of ether oxygens (including phenoxy) is 1.